The Labute approximate surface area is 141 Å². The van der Waals surface area contributed by atoms with Crippen molar-refractivity contribution in [3.05, 3.63) is 35.3 Å². The van der Waals surface area contributed by atoms with Gasteiger partial charge in [-0.3, -0.25) is 0 Å². The first-order valence-corrected chi connectivity index (χ1v) is 9.10. The summed E-state index contributed by atoms with van der Waals surface area (Å²) in [6, 6.07) is 8.03. The van der Waals surface area contributed by atoms with Crippen molar-refractivity contribution < 1.29 is 4.79 Å². The van der Waals surface area contributed by atoms with Crippen molar-refractivity contribution in [2.75, 3.05) is 5.32 Å². The summed E-state index contributed by atoms with van der Waals surface area (Å²) in [6.45, 7) is 4.21. The minimum absolute atomic E-state index is 0.110. The molecule has 0 aliphatic heterocycles. The number of urea groups is 1. The minimum Gasteiger partial charge on any atom is -0.335 e. The van der Waals surface area contributed by atoms with Crippen LogP contribution in [-0.2, 0) is 0 Å². The van der Waals surface area contributed by atoms with E-state index >= 15 is 0 Å². The van der Waals surface area contributed by atoms with Crippen molar-refractivity contribution in [1.29, 1.82) is 0 Å². The van der Waals surface area contributed by atoms with Crippen molar-refractivity contribution in [1.82, 2.24) is 10.3 Å². The Hall–Kier alpha value is -1.88. The first-order valence-electron chi connectivity index (χ1n) is 8.22. The van der Waals surface area contributed by atoms with Crippen LogP contribution >= 0.6 is 11.3 Å². The number of carbonyl (C=O) groups excluding carboxylic acids is 1. The minimum atomic E-state index is -0.110. The lowest BCUT2D eigenvalue weighted by Gasteiger charge is -2.29. The molecule has 1 aromatic carbocycles. The number of aryl methyl sites for hydroxylation is 1. The van der Waals surface area contributed by atoms with Gasteiger partial charge in [0.2, 0.25) is 0 Å². The summed E-state index contributed by atoms with van der Waals surface area (Å²) >= 11 is 1.64. The average molecular weight is 329 g/mol. The van der Waals surface area contributed by atoms with Crippen molar-refractivity contribution in [2.24, 2.45) is 5.92 Å². The zero-order valence-electron chi connectivity index (χ0n) is 13.6. The molecule has 0 bridgehead atoms. The predicted octanol–water partition coefficient (Wildman–Crippen LogP) is 4.82. The Morgan fingerprint density at radius 1 is 1.22 bits per heavy atom. The maximum absolute atomic E-state index is 12.2. The zero-order chi connectivity index (χ0) is 16.2. The number of nitrogens with zero attached hydrogens (tertiary/aromatic N) is 1. The topological polar surface area (TPSA) is 54.0 Å². The summed E-state index contributed by atoms with van der Waals surface area (Å²) in [5.41, 5.74) is 2.92. The molecular weight excluding hydrogens is 306 g/mol. The molecule has 1 aliphatic rings. The monoisotopic (exact) mass is 329 g/mol. The molecule has 4 nitrogen and oxygen atoms in total. The summed E-state index contributed by atoms with van der Waals surface area (Å²) in [5.74, 6) is 0.560. The number of anilines is 1. The number of carbonyl (C=O) groups is 1. The van der Waals surface area contributed by atoms with Crippen molar-refractivity contribution in [3.63, 3.8) is 0 Å². The van der Waals surface area contributed by atoms with E-state index in [2.05, 4.69) is 22.5 Å². The van der Waals surface area contributed by atoms with E-state index in [9.17, 15) is 4.79 Å². The third-order valence-corrected chi connectivity index (χ3v) is 5.45. The van der Waals surface area contributed by atoms with Crippen LogP contribution in [-0.4, -0.2) is 17.1 Å². The molecule has 23 heavy (non-hydrogen) atoms. The molecule has 1 heterocycles. The van der Waals surface area contributed by atoms with Crippen LogP contribution in [0.25, 0.3) is 10.6 Å². The molecular formula is C18H23N3OS. The van der Waals surface area contributed by atoms with Crippen LogP contribution in [0.15, 0.2) is 29.6 Å². The smallest absolute Gasteiger partial charge is 0.319 e. The number of hydrogen-bond donors (Lipinski definition) is 2. The fraction of sp³-hybridized carbons (Fsp3) is 0.444. The highest BCUT2D eigenvalue weighted by atomic mass is 32.1. The fourth-order valence-electron chi connectivity index (χ4n) is 3.05. The van der Waals surface area contributed by atoms with Crippen LogP contribution < -0.4 is 10.6 Å². The van der Waals surface area contributed by atoms with Gasteiger partial charge in [0.1, 0.15) is 5.01 Å². The first kappa shape index (κ1) is 16.0. The number of benzene rings is 1. The maximum Gasteiger partial charge on any atom is 0.319 e. The quantitative estimate of drug-likeness (QED) is 0.848. The SMILES string of the molecule is Cc1csc(-c2ccc(NC(=O)NC3CCCCC3C)cc2)n1. The zero-order valence-corrected chi connectivity index (χ0v) is 14.5. The van der Waals surface area contributed by atoms with Gasteiger partial charge in [-0.05, 0) is 49.9 Å². The molecule has 2 unspecified atom stereocenters. The molecule has 1 saturated carbocycles. The van der Waals surface area contributed by atoms with E-state index in [1.165, 1.54) is 19.3 Å². The van der Waals surface area contributed by atoms with Gasteiger partial charge in [0, 0.05) is 28.4 Å². The summed E-state index contributed by atoms with van der Waals surface area (Å²) in [7, 11) is 0. The van der Waals surface area contributed by atoms with Crippen molar-refractivity contribution in [2.45, 2.75) is 45.6 Å². The number of hydrogen-bond acceptors (Lipinski definition) is 3. The van der Waals surface area contributed by atoms with E-state index < -0.39 is 0 Å². The Morgan fingerprint density at radius 2 is 1.96 bits per heavy atom. The van der Waals surface area contributed by atoms with Gasteiger partial charge in [-0.25, -0.2) is 9.78 Å². The highest BCUT2D eigenvalue weighted by molar-refractivity contribution is 7.13. The standard InChI is InChI=1S/C18H23N3OS/c1-12-5-3-4-6-16(12)21-18(22)20-15-9-7-14(8-10-15)17-19-13(2)11-23-17/h7-12,16H,3-6H2,1-2H3,(H2,20,21,22). The van der Waals surface area contributed by atoms with E-state index in [0.29, 0.717) is 12.0 Å². The lowest BCUT2D eigenvalue weighted by Crippen LogP contribution is -2.43. The Kier molecular flexibility index (Phi) is 4.96. The molecule has 0 saturated heterocycles. The third kappa shape index (κ3) is 4.10. The number of thiazole rings is 1. The van der Waals surface area contributed by atoms with Crippen LogP contribution in [0.4, 0.5) is 10.5 Å². The first-order chi connectivity index (χ1) is 11.1. The highest BCUT2D eigenvalue weighted by Gasteiger charge is 2.22. The van der Waals surface area contributed by atoms with Gasteiger partial charge in [0.25, 0.3) is 0 Å². The summed E-state index contributed by atoms with van der Waals surface area (Å²) in [4.78, 5) is 16.6. The predicted molar refractivity (Wildman–Crippen MR) is 95.9 cm³/mol. The van der Waals surface area contributed by atoms with E-state index in [1.54, 1.807) is 11.3 Å². The van der Waals surface area contributed by atoms with Crippen LogP contribution in [0, 0.1) is 12.8 Å². The second-order valence-electron chi connectivity index (χ2n) is 6.34. The molecule has 0 spiro atoms. The summed E-state index contributed by atoms with van der Waals surface area (Å²) < 4.78 is 0. The van der Waals surface area contributed by atoms with Crippen molar-refractivity contribution in [3.8, 4) is 10.6 Å². The van der Waals surface area contributed by atoms with Gasteiger partial charge < -0.3 is 10.6 Å². The Balaban J connectivity index is 1.58. The second kappa shape index (κ2) is 7.13. The number of amides is 2. The number of nitrogens with one attached hydrogen (secondary N) is 2. The van der Waals surface area contributed by atoms with Crippen LogP contribution in [0.2, 0.25) is 0 Å². The lowest BCUT2D eigenvalue weighted by molar-refractivity contribution is 0.232. The molecule has 1 fully saturated rings. The van der Waals surface area contributed by atoms with Gasteiger partial charge in [-0.15, -0.1) is 11.3 Å². The highest BCUT2D eigenvalue weighted by Crippen LogP contribution is 2.25. The average Bonchev–Trinajstić information content (AvgIpc) is 2.97. The van der Waals surface area contributed by atoms with E-state index in [1.807, 2.05) is 36.6 Å². The molecule has 5 heteroatoms. The maximum atomic E-state index is 12.2. The summed E-state index contributed by atoms with van der Waals surface area (Å²) in [6.07, 6.45) is 4.76. The van der Waals surface area contributed by atoms with Crippen LogP contribution in [0.3, 0.4) is 0 Å². The van der Waals surface area contributed by atoms with Gasteiger partial charge in [-0.1, -0.05) is 19.8 Å². The molecule has 1 aromatic heterocycles. The van der Waals surface area contributed by atoms with Gasteiger partial charge >= 0.3 is 6.03 Å². The second-order valence-corrected chi connectivity index (χ2v) is 7.20. The molecule has 3 rings (SSSR count). The van der Waals surface area contributed by atoms with Gasteiger partial charge in [0.15, 0.2) is 0 Å². The fourth-order valence-corrected chi connectivity index (χ4v) is 3.85. The van der Waals surface area contributed by atoms with Crippen molar-refractivity contribution >= 4 is 23.1 Å². The van der Waals surface area contributed by atoms with Crippen LogP contribution in [0.1, 0.15) is 38.3 Å². The van der Waals surface area contributed by atoms with Gasteiger partial charge in [0.05, 0.1) is 0 Å². The van der Waals surface area contributed by atoms with Gasteiger partial charge in [-0.2, -0.15) is 0 Å². The molecule has 122 valence electrons. The largest absolute Gasteiger partial charge is 0.335 e. The van der Waals surface area contributed by atoms with E-state index in [-0.39, 0.29) is 6.03 Å². The number of aromatic nitrogens is 1. The number of rotatable bonds is 3. The molecule has 2 amide bonds. The van der Waals surface area contributed by atoms with Crippen LogP contribution in [0.5, 0.6) is 0 Å². The third-order valence-electron chi connectivity index (χ3n) is 4.44. The van der Waals surface area contributed by atoms with E-state index in [4.69, 9.17) is 0 Å². The Morgan fingerprint density at radius 3 is 2.61 bits per heavy atom. The lowest BCUT2D eigenvalue weighted by atomic mass is 9.86. The molecule has 2 aromatic rings. The molecule has 2 N–H and O–H groups in total. The molecule has 2 atom stereocenters. The molecule has 0 radical (unpaired) electrons. The Bertz CT molecular complexity index is 665. The van der Waals surface area contributed by atoms with E-state index in [0.717, 1.165) is 28.4 Å². The normalized spacial score (nSPS) is 21.0. The molecule has 1 aliphatic carbocycles. The summed E-state index contributed by atoms with van der Waals surface area (Å²) in [5, 5.41) is 9.08.